The van der Waals surface area contributed by atoms with Gasteiger partial charge in [-0.3, -0.25) is 19.2 Å². The predicted molar refractivity (Wildman–Crippen MR) is 108 cm³/mol. The van der Waals surface area contributed by atoms with Gasteiger partial charge in [0, 0.05) is 19.7 Å². The molecule has 2 rings (SSSR count). The van der Waals surface area contributed by atoms with Gasteiger partial charge in [-0.05, 0) is 36.4 Å². The van der Waals surface area contributed by atoms with E-state index in [0.29, 0.717) is 17.1 Å². The van der Waals surface area contributed by atoms with E-state index in [4.69, 9.17) is 9.47 Å². The molecule has 0 fully saturated rings. The van der Waals surface area contributed by atoms with Crippen molar-refractivity contribution >= 4 is 23.7 Å². The van der Waals surface area contributed by atoms with Gasteiger partial charge < -0.3 is 25.0 Å². The highest BCUT2D eigenvalue weighted by molar-refractivity contribution is 5.96. The van der Waals surface area contributed by atoms with Gasteiger partial charge in [-0.2, -0.15) is 0 Å². The van der Waals surface area contributed by atoms with Crippen molar-refractivity contribution in [2.75, 3.05) is 33.8 Å². The number of likely N-dealkylation sites (N-methyl/N-ethyl adjacent to an activating group) is 1. The lowest BCUT2D eigenvalue weighted by molar-refractivity contribution is -0.147. The van der Waals surface area contributed by atoms with Gasteiger partial charge in [-0.25, -0.2) is 0 Å². The lowest BCUT2D eigenvalue weighted by Crippen LogP contribution is -2.39. The lowest BCUT2D eigenvalue weighted by atomic mass is 10.2. The van der Waals surface area contributed by atoms with Gasteiger partial charge in [-0.15, -0.1) is 0 Å². The van der Waals surface area contributed by atoms with Crippen LogP contribution in [0.2, 0.25) is 0 Å². The number of benzene rings is 2. The Morgan fingerprint density at radius 2 is 1.47 bits per heavy atom. The summed E-state index contributed by atoms with van der Waals surface area (Å²) in [7, 11) is 3.11. The van der Waals surface area contributed by atoms with E-state index >= 15 is 0 Å². The normalized spacial score (nSPS) is 9.93. The van der Waals surface area contributed by atoms with Crippen molar-refractivity contribution in [1.29, 1.82) is 0 Å². The SMILES string of the molecule is CN(C)C(=O)CNC(=O)COC(=O)CNC(=O)c1ccc(Oc2ccccc2)cc1. The van der Waals surface area contributed by atoms with Crippen LogP contribution in [0.1, 0.15) is 10.4 Å². The molecule has 0 saturated heterocycles. The Kier molecular flexibility index (Phi) is 8.37. The average molecular weight is 413 g/mol. The third-order valence-electron chi connectivity index (χ3n) is 3.79. The van der Waals surface area contributed by atoms with Crippen LogP contribution in [0.3, 0.4) is 0 Å². The zero-order valence-corrected chi connectivity index (χ0v) is 16.7. The van der Waals surface area contributed by atoms with E-state index in [-0.39, 0.29) is 12.5 Å². The summed E-state index contributed by atoms with van der Waals surface area (Å²) in [5.74, 6) is -0.912. The van der Waals surface area contributed by atoms with E-state index in [1.807, 2.05) is 30.3 Å². The monoisotopic (exact) mass is 413 g/mol. The van der Waals surface area contributed by atoms with Crippen molar-refractivity contribution in [3.63, 3.8) is 0 Å². The molecule has 9 nitrogen and oxygen atoms in total. The quantitative estimate of drug-likeness (QED) is 0.592. The summed E-state index contributed by atoms with van der Waals surface area (Å²) < 4.78 is 10.4. The molecule has 2 aromatic rings. The number of amides is 3. The number of hydrogen-bond donors (Lipinski definition) is 2. The van der Waals surface area contributed by atoms with Gasteiger partial charge in [0.05, 0.1) is 6.54 Å². The summed E-state index contributed by atoms with van der Waals surface area (Å²) in [4.78, 5) is 48.0. The largest absolute Gasteiger partial charge is 0.457 e. The average Bonchev–Trinajstić information content (AvgIpc) is 2.75. The third kappa shape index (κ3) is 7.63. The van der Waals surface area contributed by atoms with Crippen LogP contribution in [0, 0.1) is 0 Å². The van der Waals surface area contributed by atoms with Gasteiger partial charge in [-0.1, -0.05) is 18.2 Å². The van der Waals surface area contributed by atoms with E-state index in [1.165, 1.54) is 4.90 Å². The Bertz CT molecular complexity index is 881. The molecule has 2 N–H and O–H groups in total. The standard InChI is InChI=1S/C21H23N3O6/c1-24(2)19(26)12-22-18(25)14-29-20(27)13-23-21(28)15-8-10-17(11-9-15)30-16-6-4-3-5-7-16/h3-11H,12-14H2,1-2H3,(H,22,25)(H,23,28). The molecular formula is C21H23N3O6. The van der Waals surface area contributed by atoms with E-state index < -0.39 is 30.9 Å². The summed E-state index contributed by atoms with van der Waals surface area (Å²) in [6.07, 6.45) is 0. The maximum atomic E-state index is 12.1. The molecule has 0 atom stereocenters. The summed E-state index contributed by atoms with van der Waals surface area (Å²) in [5, 5.41) is 4.74. The first-order valence-electron chi connectivity index (χ1n) is 9.09. The molecule has 2 aromatic carbocycles. The fourth-order valence-electron chi connectivity index (χ4n) is 2.13. The summed E-state index contributed by atoms with van der Waals surface area (Å²) in [6.45, 7) is -1.13. The van der Waals surface area contributed by atoms with Crippen molar-refractivity contribution in [2.24, 2.45) is 0 Å². The first kappa shape index (κ1) is 22.4. The fourth-order valence-corrected chi connectivity index (χ4v) is 2.13. The number of carbonyl (C=O) groups excluding carboxylic acids is 4. The zero-order chi connectivity index (χ0) is 21.9. The van der Waals surface area contributed by atoms with Crippen molar-refractivity contribution in [2.45, 2.75) is 0 Å². The number of para-hydroxylation sites is 1. The number of nitrogens with one attached hydrogen (secondary N) is 2. The number of ether oxygens (including phenoxy) is 2. The molecule has 0 saturated carbocycles. The Hall–Kier alpha value is -3.88. The van der Waals surface area contributed by atoms with Crippen LogP contribution < -0.4 is 15.4 Å². The van der Waals surface area contributed by atoms with E-state index in [0.717, 1.165) is 0 Å². The second-order valence-electron chi connectivity index (χ2n) is 6.35. The highest BCUT2D eigenvalue weighted by atomic mass is 16.5. The van der Waals surface area contributed by atoms with Crippen molar-refractivity contribution in [3.05, 3.63) is 60.2 Å². The van der Waals surface area contributed by atoms with Gasteiger partial charge in [0.2, 0.25) is 5.91 Å². The smallest absolute Gasteiger partial charge is 0.325 e. The number of carbonyl (C=O) groups is 4. The summed E-state index contributed by atoms with van der Waals surface area (Å²) >= 11 is 0. The first-order chi connectivity index (χ1) is 14.3. The minimum absolute atomic E-state index is 0.190. The zero-order valence-electron chi connectivity index (χ0n) is 16.7. The number of hydrogen-bond acceptors (Lipinski definition) is 6. The molecule has 0 aliphatic heterocycles. The van der Waals surface area contributed by atoms with Crippen LogP contribution >= 0.6 is 0 Å². The number of nitrogens with zero attached hydrogens (tertiary/aromatic N) is 1. The first-order valence-corrected chi connectivity index (χ1v) is 9.09. The summed E-state index contributed by atoms with van der Waals surface area (Å²) in [5.41, 5.74) is 0.336. The van der Waals surface area contributed by atoms with E-state index in [9.17, 15) is 19.2 Å². The molecule has 0 heterocycles. The Morgan fingerprint density at radius 1 is 0.833 bits per heavy atom. The molecule has 0 spiro atoms. The maximum Gasteiger partial charge on any atom is 0.325 e. The highest BCUT2D eigenvalue weighted by Gasteiger charge is 2.12. The van der Waals surface area contributed by atoms with Crippen LogP contribution in [0.5, 0.6) is 11.5 Å². The van der Waals surface area contributed by atoms with Gasteiger partial charge >= 0.3 is 5.97 Å². The molecule has 3 amide bonds. The molecule has 30 heavy (non-hydrogen) atoms. The minimum Gasteiger partial charge on any atom is -0.457 e. The second-order valence-corrected chi connectivity index (χ2v) is 6.35. The topological polar surface area (TPSA) is 114 Å². The van der Waals surface area contributed by atoms with Gasteiger partial charge in [0.25, 0.3) is 11.8 Å². The van der Waals surface area contributed by atoms with Crippen LogP contribution in [-0.2, 0) is 19.1 Å². The minimum atomic E-state index is -0.776. The van der Waals surface area contributed by atoms with E-state index in [2.05, 4.69) is 10.6 Å². The molecule has 0 radical (unpaired) electrons. The molecule has 0 bridgehead atoms. The Morgan fingerprint density at radius 3 is 2.10 bits per heavy atom. The lowest BCUT2D eigenvalue weighted by Gasteiger charge is -2.11. The second kappa shape index (κ2) is 11.2. The molecule has 0 unspecified atom stereocenters. The molecule has 0 aliphatic carbocycles. The molecule has 0 aliphatic rings. The van der Waals surface area contributed by atoms with E-state index in [1.54, 1.807) is 38.4 Å². The number of esters is 1. The van der Waals surface area contributed by atoms with Crippen molar-refractivity contribution in [3.8, 4) is 11.5 Å². The highest BCUT2D eigenvalue weighted by Crippen LogP contribution is 2.21. The maximum absolute atomic E-state index is 12.1. The molecule has 0 aromatic heterocycles. The summed E-state index contributed by atoms with van der Waals surface area (Å²) in [6, 6.07) is 15.6. The van der Waals surface area contributed by atoms with Gasteiger partial charge in [0.1, 0.15) is 18.0 Å². The Labute approximate surface area is 174 Å². The van der Waals surface area contributed by atoms with Crippen LogP contribution in [-0.4, -0.2) is 62.4 Å². The van der Waals surface area contributed by atoms with Crippen molar-refractivity contribution in [1.82, 2.24) is 15.5 Å². The molecule has 9 heteroatoms. The van der Waals surface area contributed by atoms with Crippen molar-refractivity contribution < 1.29 is 28.7 Å². The molecular weight excluding hydrogens is 390 g/mol. The molecule has 158 valence electrons. The third-order valence-corrected chi connectivity index (χ3v) is 3.79. The van der Waals surface area contributed by atoms with Crippen LogP contribution in [0.25, 0.3) is 0 Å². The number of rotatable bonds is 9. The van der Waals surface area contributed by atoms with Crippen LogP contribution in [0.4, 0.5) is 0 Å². The van der Waals surface area contributed by atoms with Crippen LogP contribution in [0.15, 0.2) is 54.6 Å². The Balaban J connectivity index is 1.71. The fraction of sp³-hybridized carbons (Fsp3) is 0.238. The predicted octanol–water partition coefficient (Wildman–Crippen LogP) is 0.956. The van der Waals surface area contributed by atoms with Gasteiger partial charge in [0.15, 0.2) is 6.61 Å².